The van der Waals surface area contributed by atoms with Crippen LogP contribution in [0.1, 0.15) is 51.0 Å². The molecule has 1 saturated heterocycles. The van der Waals surface area contributed by atoms with Gasteiger partial charge in [-0.15, -0.1) is 0 Å². The van der Waals surface area contributed by atoms with Crippen molar-refractivity contribution in [1.29, 1.82) is 0 Å². The van der Waals surface area contributed by atoms with E-state index in [2.05, 4.69) is 4.57 Å². The van der Waals surface area contributed by atoms with E-state index in [1.165, 1.54) is 0 Å². The summed E-state index contributed by atoms with van der Waals surface area (Å²) in [6.07, 6.45) is 1.52. The van der Waals surface area contributed by atoms with Crippen molar-refractivity contribution in [2.45, 2.75) is 52.7 Å². The van der Waals surface area contributed by atoms with E-state index in [9.17, 15) is 9.59 Å². The van der Waals surface area contributed by atoms with Crippen LogP contribution >= 0.6 is 0 Å². The van der Waals surface area contributed by atoms with Crippen LogP contribution in [0.15, 0.2) is 30.3 Å². The van der Waals surface area contributed by atoms with Gasteiger partial charge in [0.15, 0.2) is 0 Å². The zero-order chi connectivity index (χ0) is 20.3. The first kappa shape index (κ1) is 20.2. The van der Waals surface area contributed by atoms with Crippen molar-refractivity contribution in [1.82, 2.24) is 9.47 Å². The maximum atomic E-state index is 12.4. The summed E-state index contributed by atoms with van der Waals surface area (Å²) < 4.78 is 12.8. The fourth-order valence-electron chi connectivity index (χ4n) is 3.66. The number of carbonyl (C=O) groups excluding carboxylic acids is 2. The number of hydrogen-bond acceptors (Lipinski definition) is 4. The highest BCUT2D eigenvalue weighted by atomic mass is 16.6. The average Bonchev–Trinajstić information content (AvgIpc) is 3.00. The number of carbonyl (C=O) groups is 2. The molecule has 0 spiro atoms. The summed E-state index contributed by atoms with van der Waals surface area (Å²) in [6.45, 7) is 9.90. The summed E-state index contributed by atoms with van der Waals surface area (Å²) in [5.41, 5.74) is 1.16. The van der Waals surface area contributed by atoms with E-state index in [1.807, 2.05) is 58.0 Å². The highest BCUT2D eigenvalue weighted by molar-refractivity contribution is 5.95. The number of rotatable bonds is 4. The first-order valence-electron chi connectivity index (χ1n) is 10.0. The fraction of sp³-hybridized carbons (Fsp3) is 0.545. The minimum Gasteiger partial charge on any atom is -0.461 e. The molecule has 0 saturated carbocycles. The second-order valence-electron chi connectivity index (χ2n) is 8.33. The second-order valence-corrected chi connectivity index (χ2v) is 8.33. The van der Waals surface area contributed by atoms with Gasteiger partial charge in [0.25, 0.3) is 0 Å². The predicted molar refractivity (Wildman–Crippen MR) is 108 cm³/mol. The Morgan fingerprint density at radius 3 is 2.46 bits per heavy atom. The number of amides is 1. The van der Waals surface area contributed by atoms with Crippen LogP contribution in [-0.4, -0.2) is 46.8 Å². The number of likely N-dealkylation sites (tertiary alicyclic amines) is 1. The van der Waals surface area contributed by atoms with Crippen molar-refractivity contribution >= 4 is 23.0 Å². The lowest BCUT2D eigenvalue weighted by atomic mass is 9.97. The summed E-state index contributed by atoms with van der Waals surface area (Å²) in [6, 6.07) is 9.91. The molecule has 152 valence electrons. The van der Waals surface area contributed by atoms with Gasteiger partial charge in [-0.25, -0.2) is 9.59 Å². The van der Waals surface area contributed by atoms with Gasteiger partial charge in [-0.05, 0) is 58.6 Å². The number of esters is 1. The smallest absolute Gasteiger partial charge is 0.410 e. The molecular weight excluding hydrogens is 356 g/mol. The highest BCUT2D eigenvalue weighted by Gasteiger charge is 2.28. The molecule has 0 radical (unpaired) electrons. The Labute approximate surface area is 166 Å². The van der Waals surface area contributed by atoms with Gasteiger partial charge in [0.1, 0.15) is 11.3 Å². The topological polar surface area (TPSA) is 60.8 Å². The molecule has 1 aromatic carbocycles. The lowest BCUT2D eigenvalue weighted by Gasteiger charge is -2.33. The third-order valence-corrected chi connectivity index (χ3v) is 5.00. The molecule has 28 heavy (non-hydrogen) atoms. The van der Waals surface area contributed by atoms with Crippen LogP contribution in [0, 0.1) is 5.92 Å². The first-order chi connectivity index (χ1) is 13.3. The van der Waals surface area contributed by atoms with E-state index in [0.717, 1.165) is 30.3 Å². The molecule has 0 atom stereocenters. The standard InChI is InChI=1S/C22H30N2O4/c1-5-27-20(25)19-14-17-8-6-7-9-18(17)24(19)15-16-10-12-23(13-11-16)21(26)28-22(2,3)4/h6-9,14,16H,5,10-13,15H2,1-4H3. The van der Waals surface area contributed by atoms with Crippen molar-refractivity contribution in [2.75, 3.05) is 19.7 Å². The minimum absolute atomic E-state index is 0.246. The van der Waals surface area contributed by atoms with Crippen LogP contribution in [0.2, 0.25) is 0 Å². The van der Waals surface area contributed by atoms with Crippen molar-refractivity contribution in [3.63, 3.8) is 0 Å². The Kier molecular flexibility index (Phi) is 5.96. The van der Waals surface area contributed by atoms with E-state index >= 15 is 0 Å². The summed E-state index contributed by atoms with van der Waals surface area (Å²) in [5.74, 6) is 0.104. The molecule has 1 amide bonds. The van der Waals surface area contributed by atoms with Crippen LogP contribution < -0.4 is 0 Å². The number of hydrogen-bond donors (Lipinski definition) is 0. The molecular formula is C22H30N2O4. The van der Waals surface area contributed by atoms with Crippen LogP contribution in [0.4, 0.5) is 4.79 Å². The molecule has 1 aromatic heterocycles. The molecule has 0 unspecified atom stereocenters. The monoisotopic (exact) mass is 386 g/mol. The number of nitrogens with zero attached hydrogens (tertiary/aromatic N) is 2. The number of para-hydroxylation sites is 1. The Morgan fingerprint density at radius 1 is 1.14 bits per heavy atom. The van der Waals surface area contributed by atoms with E-state index in [1.54, 1.807) is 4.90 Å². The molecule has 2 aromatic rings. The lowest BCUT2D eigenvalue weighted by molar-refractivity contribution is 0.0178. The second kappa shape index (κ2) is 8.25. The molecule has 0 N–H and O–H groups in total. The van der Waals surface area contributed by atoms with Crippen LogP contribution in [0.5, 0.6) is 0 Å². The number of piperidine rings is 1. The zero-order valence-corrected chi connectivity index (χ0v) is 17.2. The molecule has 6 heteroatoms. The van der Waals surface area contributed by atoms with Crippen molar-refractivity contribution < 1.29 is 19.1 Å². The highest BCUT2D eigenvalue weighted by Crippen LogP contribution is 2.26. The van der Waals surface area contributed by atoms with Crippen LogP contribution in [0.3, 0.4) is 0 Å². The predicted octanol–water partition coefficient (Wildman–Crippen LogP) is 4.47. The zero-order valence-electron chi connectivity index (χ0n) is 17.2. The van der Waals surface area contributed by atoms with E-state index in [0.29, 0.717) is 31.3 Å². The van der Waals surface area contributed by atoms with Gasteiger partial charge in [-0.3, -0.25) is 0 Å². The van der Waals surface area contributed by atoms with Gasteiger partial charge in [0, 0.05) is 30.5 Å². The van der Waals surface area contributed by atoms with Gasteiger partial charge in [-0.1, -0.05) is 18.2 Å². The average molecular weight is 386 g/mol. The minimum atomic E-state index is -0.480. The van der Waals surface area contributed by atoms with E-state index in [-0.39, 0.29) is 12.1 Å². The molecule has 2 heterocycles. The fourth-order valence-corrected chi connectivity index (χ4v) is 3.66. The molecule has 1 aliphatic heterocycles. The Hall–Kier alpha value is -2.50. The molecule has 0 aliphatic carbocycles. The maximum Gasteiger partial charge on any atom is 0.410 e. The van der Waals surface area contributed by atoms with Crippen LogP contribution in [-0.2, 0) is 16.0 Å². The van der Waals surface area contributed by atoms with Gasteiger partial charge in [-0.2, -0.15) is 0 Å². The third kappa shape index (κ3) is 4.66. The third-order valence-electron chi connectivity index (χ3n) is 5.00. The Bertz CT molecular complexity index is 842. The number of ether oxygens (including phenoxy) is 2. The Balaban J connectivity index is 1.71. The number of aromatic nitrogens is 1. The normalized spacial score (nSPS) is 15.6. The van der Waals surface area contributed by atoms with E-state index < -0.39 is 5.60 Å². The van der Waals surface area contributed by atoms with Gasteiger partial charge < -0.3 is 18.9 Å². The quantitative estimate of drug-likeness (QED) is 0.728. The van der Waals surface area contributed by atoms with Gasteiger partial charge >= 0.3 is 12.1 Å². The number of benzene rings is 1. The van der Waals surface area contributed by atoms with Gasteiger partial charge in [0.05, 0.1) is 6.61 Å². The Morgan fingerprint density at radius 2 is 1.82 bits per heavy atom. The van der Waals surface area contributed by atoms with Gasteiger partial charge in [0.2, 0.25) is 0 Å². The van der Waals surface area contributed by atoms with Crippen molar-refractivity contribution in [2.24, 2.45) is 5.92 Å². The van der Waals surface area contributed by atoms with Crippen molar-refractivity contribution in [3.05, 3.63) is 36.0 Å². The molecule has 1 fully saturated rings. The summed E-state index contributed by atoms with van der Waals surface area (Å²) >= 11 is 0. The SMILES string of the molecule is CCOC(=O)c1cc2ccccc2n1CC1CCN(C(=O)OC(C)(C)C)CC1. The summed E-state index contributed by atoms with van der Waals surface area (Å²) in [7, 11) is 0. The molecule has 1 aliphatic rings. The molecule has 0 bridgehead atoms. The lowest BCUT2D eigenvalue weighted by Crippen LogP contribution is -2.42. The molecule has 3 rings (SSSR count). The first-order valence-corrected chi connectivity index (χ1v) is 10.0. The summed E-state index contributed by atoms with van der Waals surface area (Å²) in [5, 5.41) is 1.04. The molecule has 6 nitrogen and oxygen atoms in total. The van der Waals surface area contributed by atoms with E-state index in [4.69, 9.17) is 9.47 Å². The summed E-state index contributed by atoms with van der Waals surface area (Å²) in [4.78, 5) is 26.5. The number of fused-ring (bicyclic) bond motifs is 1. The largest absolute Gasteiger partial charge is 0.461 e. The van der Waals surface area contributed by atoms with Crippen LogP contribution in [0.25, 0.3) is 10.9 Å². The van der Waals surface area contributed by atoms with Crippen molar-refractivity contribution in [3.8, 4) is 0 Å². The maximum absolute atomic E-state index is 12.4.